The molecular weight excluding hydrogens is 306 g/mol. The Bertz CT molecular complexity index is 860. The fourth-order valence-corrected chi connectivity index (χ4v) is 3.06. The highest BCUT2D eigenvalue weighted by atomic mass is 32.2. The Labute approximate surface area is 139 Å². The molecule has 0 radical (unpaired) electrons. The Morgan fingerprint density at radius 2 is 1.87 bits per heavy atom. The highest BCUT2D eigenvalue weighted by Gasteiger charge is 2.10. The van der Waals surface area contributed by atoms with Crippen LogP contribution < -0.4 is 0 Å². The third-order valence-corrected chi connectivity index (χ3v) is 4.18. The van der Waals surface area contributed by atoms with Crippen molar-refractivity contribution in [2.75, 3.05) is 0 Å². The second-order valence-electron chi connectivity index (χ2n) is 5.35. The Kier molecular flexibility index (Phi) is 4.45. The maximum absolute atomic E-state index is 8.92. The van der Waals surface area contributed by atoms with Gasteiger partial charge in [-0.2, -0.15) is 5.26 Å². The van der Waals surface area contributed by atoms with Crippen molar-refractivity contribution < 1.29 is 4.42 Å². The Morgan fingerprint density at radius 1 is 1.09 bits per heavy atom. The molecule has 23 heavy (non-hydrogen) atoms. The van der Waals surface area contributed by atoms with Gasteiger partial charge in [0.05, 0.1) is 11.6 Å². The van der Waals surface area contributed by atoms with Gasteiger partial charge in [0.2, 0.25) is 5.89 Å². The topological polar surface area (TPSA) is 62.7 Å². The molecule has 0 saturated carbocycles. The molecule has 0 saturated heterocycles. The third-order valence-electron chi connectivity index (χ3n) is 3.29. The second-order valence-corrected chi connectivity index (χ2v) is 6.28. The van der Waals surface area contributed by atoms with Crippen LogP contribution >= 0.6 is 11.8 Å². The number of nitriles is 1. The van der Waals surface area contributed by atoms with Crippen molar-refractivity contribution >= 4 is 11.8 Å². The number of hydrogen-bond acceptors (Lipinski definition) is 5. The van der Waals surface area contributed by atoms with Crippen molar-refractivity contribution in [3.8, 4) is 17.5 Å². The lowest BCUT2D eigenvalue weighted by atomic mass is 10.1. The van der Waals surface area contributed by atoms with Gasteiger partial charge < -0.3 is 4.42 Å². The van der Waals surface area contributed by atoms with E-state index in [2.05, 4.69) is 22.3 Å². The minimum atomic E-state index is 0.529. The van der Waals surface area contributed by atoms with Crippen LogP contribution in [0.25, 0.3) is 11.5 Å². The standard InChI is InChI=1S/C18H15N3OS/c1-12-6-13(2)8-16(7-12)17-20-21-18(22-17)23-11-15-5-3-4-14(9-15)10-19/h3-9H,11H2,1-2H3. The van der Waals surface area contributed by atoms with Gasteiger partial charge in [0, 0.05) is 11.3 Å². The fraction of sp³-hybridized carbons (Fsp3) is 0.167. The lowest BCUT2D eigenvalue weighted by Crippen LogP contribution is -1.82. The maximum Gasteiger partial charge on any atom is 0.277 e. The number of nitrogens with zero attached hydrogens (tertiary/aromatic N) is 3. The van der Waals surface area contributed by atoms with Gasteiger partial charge >= 0.3 is 0 Å². The Morgan fingerprint density at radius 3 is 2.61 bits per heavy atom. The predicted molar refractivity (Wildman–Crippen MR) is 89.9 cm³/mol. The van der Waals surface area contributed by atoms with Crippen molar-refractivity contribution in [3.63, 3.8) is 0 Å². The molecule has 0 aliphatic heterocycles. The first-order valence-corrected chi connectivity index (χ1v) is 8.16. The molecule has 0 bridgehead atoms. The molecule has 0 aliphatic carbocycles. The van der Waals surface area contributed by atoms with Gasteiger partial charge in [0.1, 0.15) is 0 Å². The van der Waals surface area contributed by atoms with E-state index in [-0.39, 0.29) is 0 Å². The zero-order valence-corrected chi connectivity index (χ0v) is 13.7. The summed E-state index contributed by atoms with van der Waals surface area (Å²) in [5, 5.41) is 17.7. The molecule has 3 rings (SSSR count). The maximum atomic E-state index is 8.92. The van der Waals surface area contributed by atoms with Crippen molar-refractivity contribution in [1.82, 2.24) is 10.2 Å². The van der Waals surface area contributed by atoms with Gasteiger partial charge in [-0.15, -0.1) is 10.2 Å². The number of thioether (sulfide) groups is 1. The molecule has 2 aromatic carbocycles. The summed E-state index contributed by atoms with van der Waals surface area (Å²) in [4.78, 5) is 0. The van der Waals surface area contributed by atoms with E-state index in [0.29, 0.717) is 22.4 Å². The first-order chi connectivity index (χ1) is 11.1. The van der Waals surface area contributed by atoms with E-state index in [1.807, 2.05) is 44.2 Å². The number of aryl methyl sites for hydroxylation is 2. The summed E-state index contributed by atoms with van der Waals surface area (Å²) in [6.45, 7) is 4.09. The summed E-state index contributed by atoms with van der Waals surface area (Å²) in [6.07, 6.45) is 0. The Balaban J connectivity index is 1.73. The number of aromatic nitrogens is 2. The lowest BCUT2D eigenvalue weighted by Gasteiger charge is -2.00. The van der Waals surface area contributed by atoms with Gasteiger partial charge in [0.15, 0.2) is 0 Å². The van der Waals surface area contributed by atoms with Gasteiger partial charge in [-0.25, -0.2) is 0 Å². The van der Waals surface area contributed by atoms with Crippen molar-refractivity contribution in [1.29, 1.82) is 5.26 Å². The quantitative estimate of drug-likeness (QED) is 0.661. The first kappa shape index (κ1) is 15.3. The highest BCUT2D eigenvalue weighted by Crippen LogP contribution is 2.27. The molecule has 114 valence electrons. The van der Waals surface area contributed by atoms with Crippen LogP contribution in [0.4, 0.5) is 0 Å². The van der Waals surface area contributed by atoms with Gasteiger partial charge in [-0.05, 0) is 43.7 Å². The zero-order chi connectivity index (χ0) is 16.2. The number of hydrogen-bond donors (Lipinski definition) is 0. The Hall–Kier alpha value is -2.58. The average molecular weight is 321 g/mol. The summed E-state index contributed by atoms with van der Waals surface area (Å²) in [7, 11) is 0. The van der Waals surface area contributed by atoms with Gasteiger partial charge in [-0.3, -0.25) is 0 Å². The summed E-state index contributed by atoms with van der Waals surface area (Å²) >= 11 is 1.47. The molecule has 4 nitrogen and oxygen atoms in total. The molecule has 1 aromatic heterocycles. The van der Waals surface area contributed by atoms with Crippen LogP contribution in [0.3, 0.4) is 0 Å². The van der Waals surface area contributed by atoms with Crippen LogP contribution in [0.1, 0.15) is 22.3 Å². The summed E-state index contributed by atoms with van der Waals surface area (Å²) < 4.78 is 5.73. The molecule has 0 aliphatic rings. The smallest absolute Gasteiger partial charge is 0.277 e. The van der Waals surface area contributed by atoms with E-state index in [0.717, 1.165) is 11.1 Å². The molecule has 0 unspecified atom stereocenters. The third kappa shape index (κ3) is 3.79. The SMILES string of the molecule is Cc1cc(C)cc(-c2nnc(SCc3cccc(C#N)c3)o2)c1. The van der Waals surface area contributed by atoms with E-state index >= 15 is 0 Å². The predicted octanol–water partition coefficient (Wildman–Crippen LogP) is 4.52. The van der Waals surface area contributed by atoms with E-state index in [9.17, 15) is 0 Å². The molecule has 0 atom stereocenters. The second kappa shape index (κ2) is 6.67. The van der Waals surface area contributed by atoms with Crippen LogP contribution in [0.5, 0.6) is 0 Å². The molecular formula is C18H15N3OS. The fourth-order valence-electron chi connectivity index (χ4n) is 2.36. The van der Waals surface area contributed by atoms with E-state index in [4.69, 9.17) is 9.68 Å². The van der Waals surface area contributed by atoms with Gasteiger partial charge in [-0.1, -0.05) is 41.1 Å². The molecule has 0 spiro atoms. The average Bonchev–Trinajstić information content (AvgIpc) is 3.01. The van der Waals surface area contributed by atoms with Crippen LogP contribution in [-0.4, -0.2) is 10.2 Å². The highest BCUT2D eigenvalue weighted by molar-refractivity contribution is 7.98. The minimum Gasteiger partial charge on any atom is -0.411 e. The summed E-state index contributed by atoms with van der Waals surface area (Å²) in [5.74, 6) is 1.22. The van der Waals surface area contributed by atoms with Crippen LogP contribution in [0.2, 0.25) is 0 Å². The molecule has 3 aromatic rings. The molecule has 1 heterocycles. The van der Waals surface area contributed by atoms with Gasteiger partial charge in [0.25, 0.3) is 5.22 Å². The van der Waals surface area contributed by atoms with E-state index in [1.165, 1.54) is 22.9 Å². The minimum absolute atomic E-state index is 0.529. The van der Waals surface area contributed by atoms with Crippen molar-refractivity contribution in [2.24, 2.45) is 0 Å². The summed E-state index contributed by atoms with van der Waals surface area (Å²) in [6, 6.07) is 15.8. The van der Waals surface area contributed by atoms with E-state index < -0.39 is 0 Å². The molecule has 0 N–H and O–H groups in total. The molecule has 0 amide bonds. The molecule has 5 heteroatoms. The monoisotopic (exact) mass is 321 g/mol. The van der Waals surface area contributed by atoms with Crippen LogP contribution in [0.15, 0.2) is 52.1 Å². The van der Waals surface area contributed by atoms with E-state index in [1.54, 1.807) is 6.07 Å². The summed E-state index contributed by atoms with van der Waals surface area (Å²) in [5.41, 5.74) is 4.99. The van der Waals surface area contributed by atoms with Crippen LogP contribution in [0, 0.1) is 25.2 Å². The number of benzene rings is 2. The lowest BCUT2D eigenvalue weighted by molar-refractivity contribution is 0.466. The van der Waals surface area contributed by atoms with Crippen molar-refractivity contribution in [3.05, 3.63) is 64.7 Å². The normalized spacial score (nSPS) is 10.5. The first-order valence-electron chi connectivity index (χ1n) is 7.18. The number of rotatable bonds is 4. The largest absolute Gasteiger partial charge is 0.411 e. The van der Waals surface area contributed by atoms with Crippen LogP contribution in [-0.2, 0) is 5.75 Å². The zero-order valence-electron chi connectivity index (χ0n) is 12.9. The van der Waals surface area contributed by atoms with Crippen molar-refractivity contribution in [2.45, 2.75) is 24.8 Å². The molecule has 0 fully saturated rings.